The van der Waals surface area contributed by atoms with Crippen molar-refractivity contribution in [1.29, 1.82) is 0 Å². The lowest BCUT2D eigenvalue weighted by atomic mass is 10.1. The third kappa shape index (κ3) is 2.04. The average molecular weight is 193 g/mol. The minimum Gasteiger partial charge on any atom is -0.507 e. The summed E-state index contributed by atoms with van der Waals surface area (Å²) in [5.41, 5.74) is 0.802. The zero-order valence-corrected chi connectivity index (χ0v) is 7.77. The van der Waals surface area contributed by atoms with Crippen molar-refractivity contribution in [3.8, 4) is 11.5 Å². The lowest BCUT2D eigenvalue weighted by Crippen LogP contribution is -1.95. The van der Waals surface area contributed by atoms with Gasteiger partial charge in [0.15, 0.2) is 0 Å². The maximum atomic E-state index is 9.51. The smallest absolute Gasteiger partial charge is 0.130 e. The van der Waals surface area contributed by atoms with Crippen LogP contribution in [-0.4, -0.2) is 16.0 Å². The number of phenolic OH excluding ortho intramolecular Hbond substituents is 1. The quantitative estimate of drug-likeness (QED) is 0.334. The Labute approximate surface area is 81.8 Å². The van der Waals surface area contributed by atoms with Gasteiger partial charge in [-0.3, -0.25) is 0 Å². The van der Waals surface area contributed by atoms with Crippen LogP contribution < -0.4 is 4.74 Å². The first-order valence-corrected chi connectivity index (χ1v) is 3.98. The van der Waals surface area contributed by atoms with Crippen LogP contribution in [0.2, 0.25) is 0 Å². The van der Waals surface area contributed by atoms with Crippen LogP contribution in [0.4, 0.5) is 0 Å². The van der Waals surface area contributed by atoms with E-state index in [4.69, 9.17) is 9.94 Å². The molecule has 0 bridgehead atoms. The summed E-state index contributed by atoms with van der Waals surface area (Å²) in [6.45, 7) is 4.98. The lowest BCUT2D eigenvalue weighted by molar-refractivity contribution is 0.318. The van der Waals surface area contributed by atoms with Crippen molar-refractivity contribution in [2.45, 2.75) is 6.92 Å². The Hall–Kier alpha value is -1.97. The summed E-state index contributed by atoms with van der Waals surface area (Å²) in [7, 11) is 0. The summed E-state index contributed by atoms with van der Waals surface area (Å²) in [6, 6.07) is 4.67. The highest BCUT2D eigenvalue weighted by atomic mass is 16.5. The molecule has 0 fully saturated rings. The topological polar surface area (TPSA) is 62.0 Å². The molecule has 0 saturated carbocycles. The molecule has 0 saturated heterocycles. The summed E-state index contributed by atoms with van der Waals surface area (Å²) in [4.78, 5) is 0. The molecule has 4 heteroatoms. The van der Waals surface area contributed by atoms with Crippen molar-refractivity contribution in [3.63, 3.8) is 0 Å². The normalized spacial score (nSPS) is 11.1. The molecule has 0 atom stereocenters. The standard InChI is InChI=1S/C10H11NO3/c1-3-14-8-4-5-9(7(2)11-13)10(12)6-8/h3-6,12-13H,1H2,2H3/b11-7-. The number of benzene rings is 1. The van der Waals surface area contributed by atoms with Gasteiger partial charge >= 0.3 is 0 Å². The number of aromatic hydroxyl groups is 1. The molecule has 1 aromatic carbocycles. The molecule has 4 nitrogen and oxygen atoms in total. The average Bonchev–Trinajstić information content (AvgIpc) is 2.17. The highest BCUT2D eigenvalue weighted by Crippen LogP contribution is 2.24. The Morgan fingerprint density at radius 1 is 1.57 bits per heavy atom. The van der Waals surface area contributed by atoms with E-state index in [-0.39, 0.29) is 5.75 Å². The van der Waals surface area contributed by atoms with Crippen LogP contribution >= 0.6 is 0 Å². The van der Waals surface area contributed by atoms with Gasteiger partial charge in [-0.05, 0) is 19.1 Å². The van der Waals surface area contributed by atoms with Gasteiger partial charge in [-0.2, -0.15) is 0 Å². The van der Waals surface area contributed by atoms with Gasteiger partial charge in [-0.25, -0.2) is 0 Å². The molecule has 0 aliphatic rings. The van der Waals surface area contributed by atoms with E-state index >= 15 is 0 Å². The zero-order chi connectivity index (χ0) is 10.6. The molecule has 2 N–H and O–H groups in total. The maximum absolute atomic E-state index is 9.51. The molecule has 0 spiro atoms. The van der Waals surface area contributed by atoms with E-state index in [9.17, 15) is 5.11 Å². The fraction of sp³-hybridized carbons (Fsp3) is 0.100. The van der Waals surface area contributed by atoms with E-state index in [1.165, 1.54) is 12.3 Å². The van der Waals surface area contributed by atoms with E-state index in [2.05, 4.69) is 11.7 Å². The van der Waals surface area contributed by atoms with Crippen molar-refractivity contribution >= 4 is 5.71 Å². The Morgan fingerprint density at radius 2 is 2.29 bits per heavy atom. The van der Waals surface area contributed by atoms with Crippen LogP contribution in [0.15, 0.2) is 36.2 Å². The first-order chi connectivity index (χ1) is 6.69. The summed E-state index contributed by atoms with van der Waals surface area (Å²) in [5, 5.41) is 21.0. The maximum Gasteiger partial charge on any atom is 0.130 e. The van der Waals surface area contributed by atoms with Gasteiger partial charge in [0.05, 0.1) is 12.0 Å². The van der Waals surface area contributed by atoms with Crippen molar-refractivity contribution in [1.82, 2.24) is 0 Å². The molecule has 0 radical (unpaired) electrons. The monoisotopic (exact) mass is 193 g/mol. The highest BCUT2D eigenvalue weighted by molar-refractivity contribution is 6.00. The fourth-order valence-electron chi connectivity index (χ4n) is 1.04. The molecule has 74 valence electrons. The van der Waals surface area contributed by atoms with Gasteiger partial charge in [0.2, 0.25) is 0 Å². The van der Waals surface area contributed by atoms with Crippen LogP contribution in [-0.2, 0) is 0 Å². The molecular weight excluding hydrogens is 182 g/mol. The van der Waals surface area contributed by atoms with E-state index < -0.39 is 0 Å². The van der Waals surface area contributed by atoms with E-state index in [0.29, 0.717) is 17.0 Å². The van der Waals surface area contributed by atoms with E-state index in [0.717, 1.165) is 0 Å². The molecule has 0 aliphatic carbocycles. The summed E-state index contributed by atoms with van der Waals surface area (Å²) < 4.78 is 4.96. The van der Waals surface area contributed by atoms with Crippen LogP contribution in [0.5, 0.6) is 11.5 Å². The SMILES string of the molecule is C=COc1ccc(/C(C)=N\O)c(O)c1. The van der Waals surface area contributed by atoms with Gasteiger partial charge in [-0.1, -0.05) is 11.7 Å². The predicted octanol–water partition coefficient (Wildman–Crippen LogP) is 2.11. The summed E-state index contributed by atoms with van der Waals surface area (Å²) in [6.07, 6.45) is 1.27. The number of ether oxygens (including phenoxy) is 1. The predicted molar refractivity (Wildman–Crippen MR) is 52.9 cm³/mol. The second-order valence-corrected chi connectivity index (χ2v) is 2.65. The van der Waals surface area contributed by atoms with Gasteiger partial charge in [0.1, 0.15) is 11.5 Å². The second-order valence-electron chi connectivity index (χ2n) is 2.65. The van der Waals surface area contributed by atoms with Crippen molar-refractivity contribution in [3.05, 3.63) is 36.6 Å². The van der Waals surface area contributed by atoms with Gasteiger partial charge in [-0.15, -0.1) is 0 Å². The third-order valence-electron chi connectivity index (χ3n) is 1.73. The molecule has 0 aliphatic heterocycles. The first-order valence-electron chi connectivity index (χ1n) is 3.98. The van der Waals surface area contributed by atoms with Crippen molar-refractivity contribution < 1.29 is 15.1 Å². The van der Waals surface area contributed by atoms with Crippen molar-refractivity contribution in [2.24, 2.45) is 5.16 Å². The molecule has 1 aromatic rings. The van der Waals surface area contributed by atoms with Crippen LogP contribution in [0.25, 0.3) is 0 Å². The first kappa shape index (κ1) is 10.1. The Morgan fingerprint density at radius 3 is 2.79 bits per heavy atom. The van der Waals surface area contributed by atoms with Crippen LogP contribution in [0, 0.1) is 0 Å². The number of hydrogen-bond acceptors (Lipinski definition) is 4. The number of hydrogen-bond donors (Lipinski definition) is 2. The van der Waals surface area contributed by atoms with E-state index in [1.54, 1.807) is 19.1 Å². The van der Waals surface area contributed by atoms with Crippen LogP contribution in [0.1, 0.15) is 12.5 Å². The largest absolute Gasteiger partial charge is 0.507 e. The van der Waals surface area contributed by atoms with E-state index in [1.807, 2.05) is 0 Å². The Kier molecular flexibility index (Phi) is 3.12. The van der Waals surface area contributed by atoms with Crippen LogP contribution in [0.3, 0.4) is 0 Å². The lowest BCUT2D eigenvalue weighted by Gasteiger charge is -2.04. The minimum atomic E-state index is -0.000324. The number of oxime groups is 1. The van der Waals surface area contributed by atoms with Gasteiger partial charge < -0.3 is 15.1 Å². The number of rotatable bonds is 3. The molecule has 0 unspecified atom stereocenters. The molecule has 1 rings (SSSR count). The number of nitrogens with zero attached hydrogens (tertiary/aromatic N) is 1. The summed E-state index contributed by atoms with van der Waals surface area (Å²) in [5.74, 6) is 0.478. The minimum absolute atomic E-state index is 0.000324. The molecule has 0 heterocycles. The number of phenols is 1. The Bertz CT molecular complexity index is 372. The van der Waals surface area contributed by atoms with Gasteiger partial charge in [0, 0.05) is 11.6 Å². The summed E-state index contributed by atoms with van der Waals surface area (Å²) >= 11 is 0. The van der Waals surface area contributed by atoms with Gasteiger partial charge in [0.25, 0.3) is 0 Å². The van der Waals surface area contributed by atoms with Crippen molar-refractivity contribution in [2.75, 3.05) is 0 Å². The highest BCUT2D eigenvalue weighted by Gasteiger charge is 2.06. The third-order valence-corrected chi connectivity index (χ3v) is 1.73. The fourth-order valence-corrected chi connectivity index (χ4v) is 1.04. The molecule has 14 heavy (non-hydrogen) atoms. The zero-order valence-electron chi connectivity index (χ0n) is 7.77. The Balaban J connectivity index is 3.07. The second kappa shape index (κ2) is 4.32. The molecular formula is C10H11NO3. The molecule has 0 amide bonds. The molecule has 0 aromatic heterocycles.